The van der Waals surface area contributed by atoms with Gasteiger partial charge in [0.1, 0.15) is 5.75 Å². The number of esters is 1. The molecule has 5 nitrogen and oxygen atoms in total. The highest BCUT2D eigenvalue weighted by Gasteiger charge is 2.15. The maximum Gasteiger partial charge on any atom is 0.338 e. The van der Waals surface area contributed by atoms with E-state index in [1.54, 1.807) is 30.5 Å². The topological polar surface area (TPSA) is 68.4 Å². The summed E-state index contributed by atoms with van der Waals surface area (Å²) in [7, 11) is 0. The van der Waals surface area contributed by atoms with Crippen LogP contribution < -0.4 is 4.74 Å². The van der Waals surface area contributed by atoms with E-state index in [1.165, 1.54) is 0 Å². The Morgan fingerprint density at radius 1 is 1.04 bits per heavy atom. The standard InChI is InChI=1S/C20H19NO4/c1-13(2)25-15-9-7-14(8-10-15)20(23)24-12-19(22)17-11-21-18-6-4-3-5-16(17)18/h3-11,13,21H,12H2,1-2H3. The van der Waals surface area contributed by atoms with E-state index in [1.807, 2.05) is 38.1 Å². The number of ether oxygens (including phenoxy) is 2. The van der Waals surface area contributed by atoms with E-state index in [0.717, 1.165) is 10.9 Å². The van der Waals surface area contributed by atoms with Crippen molar-refractivity contribution in [2.75, 3.05) is 6.61 Å². The van der Waals surface area contributed by atoms with Gasteiger partial charge < -0.3 is 14.5 Å². The largest absolute Gasteiger partial charge is 0.491 e. The van der Waals surface area contributed by atoms with Gasteiger partial charge in [-0.05, 0) is 44.2 Å². The summed E-state index contributed by atoms with van der Waals surface area (Å²) in [6.45, 7) is 3.56. The summed E-state index contributed by atoms with van der Waals surface area (Å²) in [5.41, 5.74) is 1.77. The molecular weight excluding hydrogens is 318 g/mol. The van der Waals surface area contributed by atoms with Gasteiger partial charge in [-0.15, -0.1) is 0 Å². The number of nitrogens with one attached hydrogen (secondary N) is 1. The van der Waals surface area contributed by atoms with Crippen molar-refractivity contribution in [3.05, 3.63) is 65.9 Å². The summed E-state index contributed by atoms with van der Waals surface area (Å²) in [5, 5.41) is 0.818. The minimum absolute atomic E-state index is 0.0617. The maximum absolute atomic E-state index is 12.3. The van der Waals surface area contributed by atoms with E-state index in [9.17, 15) is 9.59 Å². The van der Waals surface area contributed by atoms with Crippen molar-refractivity contribution in [2.45, 2.75) is 20.0 Å². The fourth-order valence-electron chi connectivity index (χ4n) is 2.54. The van der Waals surface area contributed by atoms with Gasteiger partial charge in [-0.2, -0.15) is 0 Å². The van der Waals surface area contributed by atoms with Crippen LogP contribution in [0.4, 0.5) is 0 Å². The molecule has 0 saturated carbocycles. The van der Waals surface area contributed by atoms with Crippen LogP contribution in [0.3, 0.4) is 0 Å². The van der Waals surface area contributed by atoms with E-state index >= 15 is 0 Å². The lowest BCUT2D eigenvalue weighted by atomic mass is 10.1. The third-order valence-electron chi connectivity index (χ3n) is 3.69. The van der Waals surface area contributed by atoms with E-state index in [2.05, 4.69) is 4.98 Å². The number of carbonyl (C=O) groups is 2. The monoisotopic (exact) mass is 337 g/mol. The molecule has 0 atom stereocenters. The first kappa shape index (κ1) is 16.8. The van der Waals surface area contributed by atoms with Gasteiger partial charge in [-0.3, -0.25) is 4.79 Å². The Balaban J connectivity index is 1.63. The molecule has 0 spiro atoms. The van der Waals surface area contributed by atoms with Crippen LogP contribution in [0, 0.1) is 0 Å². The van der Waals surface area contributed by atoms with Crippen LogP contribution in [-0.2, 0) is 4.74 Å². The summed E-state index contributed by atoms with van der Waals surface area (Å²) in [6, 6.07) is 14.1. The normalized spacial score (nSPS) is 10.8. The van der Waals surface area contributed by atoms with Crippen molar-refractivity contribution < 1.29 is 19.1 Å². The van der Waals surface area contributed by atoms with E-state index < -0.39 is 5.97 Å². The zero-order valence-corrected chi connectivity index (χ0v) is 14.1. The van der Waals surface area contributed by atoms with Crippen LogP contribution in [0.5, 0.6) is 5.75 Å². The van der Waals surface area contributed by atoms with Crippen molar-refractivity contribution in [3.8, 4) is 5.75 Å². The number of rotatable bonds is 6. The third kappa shape index (κ3) is 3.88. The van der Waals surface area contributed by atoms with E-state index in [4.69, 9.17) is 9.47 Å². The van der Waals surface area contributed by atoms with Crippen molar-refractivity contribution in [2.24, 2.45) is 0 Å². The second-order valence-electron chi connectivity index (χ2n) is 5.94. The van der Waals surface area contributed by atoms with Crippen LogP contribution >= 0.6 is 0 Å². The van der Waals surface area contributed by atoms with Gasteiger partial charge in [0, 0.05) is 22.7 Å². The molecule has 0 aliphatic carbocycles. The number of Topliss-reactive ketones (excluding diaryl/α,β-unsaturated/α-hetero) is 1. The van der Waals surface area contributed by atoms with E-state index in [-0.39, 0.29) is 18.5 Å². The molecule has 128 valence electrons. The lowest BCUT2D eigenvalue weighted by Gasteiger charge is -2.10. The van der Waals surface area contributed by atoms with Crippen LogP contribution in [0.1, 0.15) is 34.6 Å². The molecule has 0 aliphatic heterocycles. The van der Waals surface area contributed by atoms with Gasteiger partial charge in [0.05, 0.1) is 11.7 Å². The van der Waals surface area contributed by atoms with Crippen LogP contribution in [0.2, 0.25) is 0 Å². The van der Waals surface area contributed by atoms with Gasteiger partial charge >= 0.3 is 5.97 Å². The first-order valence-corrected chi connectivity index (χ1v) is 8.08. The minimum atomic E-state index is -0.538. The molecule has 3 aromatic rings. The number of carbonyl (C=O) groups excluding carboxylic acids is 2. The van der Waals surface area contributed by atoms with Crippen molar-refractivity contribution in [1.82, 2.24) is 4.98 Å². The van der Waals surface area contributed by atoms with Crippen LogP contribution in [-0.4, -0.2) is 29.4 Å². The highest BCUT2D eigenvalue weighted by molar-refractivity contribution is 6.09. The molecular formula is C20H19NO4. The first-order valence-electron chi connectivity index (χ1n) is 8.08. The number of para-hydroxylation sites is 1. The zero-order valence-electron chi connectivity index (χ0n) is 14.1. The lowest BCUT2D eigenvalue weighted by molar-refractivity contribution is 0.0475. The molecule has 0 fully saturated rings. The van der Waals surface area contributed by atoms with Gasteiger partial charge in [0.2, 0.25) is 5.78 Å². The Bertz CT molecular complexity index is 893. The van der Waals surface area contributed by atoms with E-state index in [0.29, 0.717) is 16.9 Å². The number of H-pyrrole nitrogens is 1. The second-order valence-corrected chi connectivity index (χ2v) is 5.94. The van der Waals surface area contributed by atoms with Crippen molar-refractivity contribution in [1.29, 1.82) is 0 Å². The molecule has 2 aromatic carbocycles. The molecule has 1 N–H and O–H groups in total. The molecule has 0 amide bonds. The van der Waals surface area contributed by atoms with Crippen LogP contribution in [0.15, 0.2) is 54.7 Å². The smallest absolute Gasteiger partial charge is 0.338 e. The molecule has 0 unspecified atom stereocenters. The summed E-state index contributed by atoms with van der Waals surface area (Å²) >= 11 is 0. The Labute approximate surface area is 145 Å². The maximum atomic E-state index is 12.3. The van der Waals surface area contributed by atoms with Crippen molar-refractivity contribution in [3.63, 3.8) is 0 Å². The first-order chi connectivity index (χ1) is 12.0. The summed E-state index contributed by atoms with van der Waals surface area (Å²) in [5.74, 6) is -0.101. The lowest BCUT2D eigenvalue weighted by Crippen LogP contribution is -2.14. The number of aromatic amines is 1. The third-order valence-corrected chi connectivity index (χ3v) is 3.69. The summed E-state index contributed by atoms with van der Waals surface area (Å²) < 4.78 is 10.7. The van der Waals surface area contributed by atoms with Gasteiger partial charge in [-0.1, -0.05) is 18.2 Å². The fourth-order valence-corrected chi connectivity index (χ4v) is 2.54. The molecule has 1 aromatic heterocycles. The quantitative estimate of drug-likeness (QED) is 0.545. The zero-order chi connectivity index (χ0) is 17.8. The number of ketones is 1. The molecule has 0 bridgehead atoms. The van der Waals surface area contributed by atoms with Gasteiger partial charge in [0.15, 0.2) is 6.61 Å². The molecule has 1 heterocycles. The highest BCUT2D eigenvalue weighted by atomic mass is 16.5. The molecule has 5 heteroatoms. The average Bonchev–Trinajstić information content (AvgIpc) is 3.03. The second kappa shape index (κ2) is 7.21. The Hall–Kier alpha value is -3.08. The Kier molecular flexibility index (Phi) is 4.84. The van der Waals surface area contributed by atoms with Crippen LogP contribution in [0.25, 0.3) is 10.9 Å². The Morgan fingerprint density at radius 3 is 2.48 bits per heavy atom. The minimum Gasteiger partial charge on any atom is -0.491 e. The molecule has 0 radical (unpaired) electrons. The molecule has 3 rings (SSSR count). The van der Waals surface area contributed by atoms with Gasteiger partial charge in [0.25, 0.3) is 0 Å². The summed E-state index contributed by atoms with van der Waals surface area (Å²) in [6.07, 6.45) is 1.70. The number of benzene rings is 2. The highest BCUT2D eigenvalue weighted by Crippen LogP contribution is 2.19. The molecule has 25 heavy (non-hydrogen) atoms. The SMILES string of the molecule is CC(C)Oc1ccc(C(=O)OCC(=O)c2c[nH]c3ccccc23)cc1. The Morgan fingerprint density at radius 2 is 1.76 bits per heavy atom. The predicted octanol–water partition coefficient (Wildman–Crippen LogP) is 3.99. The number of aromatic nitrogens is 1. The number of hydrogen-bond donors (Lipinski definition) is 1. The average molecular weight is 337 g/mol. The summed E-state index contributed by atoms with van der Waals surface area (Å²) in [4.78, 5) is 27.4. The van der Waals surface area contributed by atoms with Gasteiger partial charge in [-0.25, -0.2) is 4.79 Å². The molecule has 0 aliphatic rings. The number of fused-ring (bicyclic) bond motifs is 1. The predicted molar refractivity (Wildman–Crippen MR) is 95.1 cm³/mol. The van der Waals surface area contributed by atoms with Crippen molar-refractivity contribution >= 4 is 22.7 Å². The fraction of sp³-hybridized carbons (Fsp3) is 0.200. The number of hydrogen-bond acceptors (Lipinski definition) is 4. The molecule has 0 saturated heterocycles.